The first-order valence-electron chi connectivity index (χ1n) is 6.03. The van der Waals surface area contributed by atoms with E-state index in [0.717, 1.165) is 5.56 Å². The lowest BCUT2D eigenvalue weighted by molar-refractivity contribution is 0.0512. The summed E-state index contributed by atoms with van der Waals surface area (Å²) in [6.45, 7) is 8.06. The fourth-order valence-electron chi connectivity index (χ4n) is 1.80. The lowest BCUT2D eigenvalue weighted by Crippen LogP contribution is -2.20. The van der Waals surface area contributed by atoms with Crippen molar-refractivity contribution in [2.24, 2.45) is 0 Å². The van der Waals surface area contributed by atoms with E-state index >= 15 is 0 Å². The van der Waals surface area contributed by atoms with Gasteiger partial charge in [-0.15, -0.1) is 11.3 Å². The number of carbonyl (C=O) groups excluding carboxylic acids is 1. The SMILES string of the molecule is CCOC(=O)c1nc2scc(C(C)(C)C)c2c(=O)[nH]1. The molecule has 2 aromatic rings. The van der Waals surface area contributed by atoms with Gasteiger partial charge in [-0.1, -0.05) is 20.8 Å². The number of hydrogen-bond acceptors (Lipinski definition) is 5. The van der Waals surface area contributed by atoms with Gasteiger partial charge < -0.3 is 9.72 Å². The van der Waals surface area contributed by atoms with Crippen molar-refractivity contribution in [3.8, 4) is 0 Å². The van der Waals surface area contributed by atoms with E-state index in [4.69, 9.17) is 4.74 Å². The van der Waals surface area contributed by atoms with E-state index in [1.165, 1.54) is 11.3 Å². The Hall–Kier alpha value is -1.69. The number of aromatic amines is 1. The van der Waals surface area contributed by atoms with Crippen LogP contribution in [0, 0.1) is 0 Å². The van der Waals surface area contributed by atoms with Crippen LogP contribution in [0.2, 0.25) is 0 Å². The zero-order chi connectivity index (χ0) is 14.2. The lowest BCUT2D eigenvalue weighted by Gasteiger charge is -2.16. The van der Waals surface area contributed by atoms with E-state index in [1.54, 1.807) is 6.92 Å². The maximum Gasteiger partial charge on any atom is 0.374 e. The molecule has 1 N–H and O–H groups in total. The molecule has 0 aromatic carbocycles. The summed E-state index contributed by atoms with van der Waals surface area (Å²) in [5.41, 5.74) is 0.508. The molecule has 0 saturated carbocycles. The van der Waals surface area contributed by atoms with Gasteiger partial charge in [0.1, 0.15) is 4.83 Å². The smallest absolute Gasteiger partial charge is 0.374 e. The third kappa shape index (κ3) is 2.53. The standard InChI is InChI=1S/C13H16N2O3S/c1-5-18-12(17)9-14-10(16)8-7(13(2,3)4)6-19-11(8)15-9/h6H,5H2,1-4H3,(H,14,15,16). The van der Waals surface area contributed by atoms with E-state index in [2.05, 4.69) is 9.97 Å². The molecule has 0 atom stereocenters. The normalized spacial score (nSPS) is 11.8. The third-order valence-corrected chi connectivity index (χ3v) is 3.59. The molecule has 0 aliphatic carbocycles. The molecular weight excluding hydrogens is 264 g/mol. The first-order chi connectivity index (χ1) is 8.84. The molecule has 0 aliphatic heterocycles. The van der Waals surface area contributed by atoms with Crippen molar-refractivity contribution in [1.29, 1.82) is 0 Å². The summed E-state index contributed by atoms with van der Waals surface area (Å²) in [4.78, 5) is 31.0. The molecule has 0 fully saturated rings. The monoisotopic (exact) mass is 280 g/mol. The summed E-state index contributed by atoms with van der Waals surface area (Å²) in [7, 11) is 0. The van der Waals surface area contributed by atoms with Crippen molar-refractivity contribution in [3.05, 3.63) is 27.1 Å². The summed E-state index contributed by atoms with van der Waals surface area (Å²) in [6, 6.07) is 0. The molecule has 19 heavy (non-hydrogen) atoms. The number of carbonyl (C=O) groups is 1. The molecule has 0 amide bonds. The highest BCUT2D eigenvalue weighted by Crippen LogP contribution is 2.31. The topological polar surface area (TPSA) is 72.0 Å². The third-order valence-electron chi connectivity index (χ3n) is 2.72. The average molecular weight is 280 g/mol. The average Bonchev–Trinajstić information content (AvgIpc) is 2.73. The maximum absolute atomic E-state index is 12.1. The molecule has 0 radical (unpaired) electrons. The highest BCUT2D eigenvalue weighted by atomic mass is 32.1. The number of thiophene rings is 1. The largest absolute Gasteiger partial charge is 0.460 e. The molecule has 2 aromatic heterocycles. The van der Waals surface area contributed by atoms with Gasteiger partial charge in [-0.3, -0.25) is 4.79 Å². The van der Waals surface area contributed by atoms with Crippen LogP contribution in [-0.4, -0.2) is 22.5 Å². The predicted octanol–water partition coefficient (Wildman–Crippen LogP) is 2.46. The maximum atomic E-state index is 12.1. The molecule has 0 saturated heterocycles. The van der Waals surface area contributed by atoms with Gasteiger partial charge in [0.05, 0.1) is 12.0 Å². The van der Waals surface area contributed by atoms with Gasteiger partial charge in [0, 0.05) is 0 Å². The van der Waals surface area contributed by atoms with Gasteiger partial charge in [0.2, 0.25) is 5.82 Å². The molecule has 2 heterocycles. The van der Waals surface area contributed by atoms with Crippen molar-refractivity contribution in [3.63, 3.8) is 0 Å². The zero-order valence-corrected chi connectivity index (χ0v) is 12.2. The second-order valence-electron chi connectivity index (χ2n) is 5.21. The van der Waals surface area contributed by atoms with Crippen LogP contribution >= 0.6 is 11.3 Å². The highest BCUT2D eigenvalue weighted by molar-refractivity contribution is 7.16. The quantitative estimate of drug-likeness (QED) is 0.858. The number of H-pyrrole nitrogens is 1. The summed E-state index contributed by atoms with van der Waals surface area (Å²) >= 11 is 1.37. The number of nitrogens with zero attached hydrogens (tertiary/aromatic N) is 1. The van der Waals surface area contributed by atoms with Crippen molar-refractivity contribution in [2.45, 2.75) is 33.1 Å². The molecule has 5 nitrogen and oxygen atoms in total. The Morgan fingerprint density at radius 2 is 2.16 bits per heavy atom. The van der Waals surface area contributed by atoms with E-state index in [0.29, 0.717) is 10.2 Å². The van der Waals surface area contributed by atoms with Crippen LogP contribution < -0.4 is 5.56 Å². The van der Waals surface area contributed by atoms with E-state index in [-0.39, 0.29) is 23.4 Å². The Bertz CT molecular complexity index is 679. The molecule has 0 bridgehead atoms. The number of aromatic nitrogens is 2. The summed E-state index contributed by atoms with van der Waals surface area (Å²) in [5, 5.41) is 2.48. The molecular formula is C13H16N2O3S. The molecule has 102 valence electrons. The molecule has 0 spiro atoms. The van der Waals surface area contributed by atoms with Crippen molar-refractivity contribution >= 4 is 27.5 Å². The molecule has 6 heteroatoms. The molecule has 0 unspecified atom stereocenters. The van der Waals surface area contributed by atoms with Crippen molar-refractivity contribution in [1.82, 2.24) is 9.97 Å². The van der Waals surface area contributed by atoms with Crippen molar-refractivity contribution < 1.29 is 9.53 Å². The Kier molecular flexibility index (Phi) is 3.45. The lowest BCUT2D eigenvalue weighted by atomic mass is 9.87. The van der Waals surface area contributed by atoms with Gasteiger partial charge in [0.25, 0.3) is 5.56 Å². The fourth-order valence-corrected chi connectivity index (χ4v) is 2.96. The van der Waals surface area contributed by atoms with Crippen molar-refractivity contribution in [2.75, 3.05) is 6.61 Å². The highest BCUT2D eigenvalue weighted by Gasteiger charge is 2.22. The van der Waals surface area contributed by atoms with Crippen LogP contribution in [0.25, 0.3) is 10.2 Å². The molecule has 2 rings (SSSR count). The van der Waals surface area contributed by atoms with Crippen LogP contribution in [0.1, 0.15) is 43.9 Å². The second kappa shape index (κ2) is 4.77. The Labute approximate surface area is 114 Å². The van der Waals surface area contributed by atoms with Gasteiger partial charge >= 0.3 is 5.97 Å². The second-order valence-corrected chi connectivity index (χ2v) is 6.07. The zero-order valence-electron chi connectivity index (χ0n) is 11.4. The molecule has 0 aliphatic rings. The summed E-state index contributed by atoms with van der Waals surface area (Å²) < 4.78 is 4.84. The number of hydrogen-bond donors (Lipinski definition) is 1. The Morgan fingerprint density at radius 3 is 2.74 bits per heavy atom. The van der Waals surface area contributed by atoms with Crippen LogP contribution in [0.4, 0.5) is 0 Å². The minimum Gasteiger partial charge on any atom is -0.460 e. The number of ether oxygens (including phenoxy) is 1. The Morgan fingerprint density at radius 1 is 1.47 bits per heavy atom. The van der Waals surface area contributed by atoms with Gasteiger partial charge in [-0.25, -0.2) is 9.78 Å². The van der Waals surface area contributed by atoms with E-state index in [9.17, 15) is 9.59 Å². The van der Waals surface area contributed by atoms with E-state index in [1.807, 2.05) is 26.2 Å². The Balaban J connectivity index is 2.62. The fraction of sp³-hybridized carbons (Fsp3) is 0.462. The first kappa shape index (κ1) is 13.7. The van der Waals surface area contributed by atoms with E-state index < -0.39 is 5.97 Å². The number of rotatable bonds is 2. The summed E-state index contributed by atoms with van der Waals surface area (Å²) in [6.07, 6.45) is 0. The van der Waals surface area contributed by atoms with Crippen LogP contribution in [0.15, 0.2) is 10.2 Å². The van der Waals surface area contributed by atoms with Crippen LogP contribution in [-0.2, 0) is 10.2 Å². The number of fused-ring (bicyclic) bond motifs is 1. The minimum absolute atomic E-state index is 0.0401. The minimum atomic E-state index is -0.604. The van der Waals surface area contributed by atoms with Crippen LogP contribution in [0.5, 0.6) is 0 Å². The van der Waals surface area contributed by atoms with Crippen LogP contribution in [0.3, 0.4) is 0 Å². The number of esters is 1. The predicted molar refractivity (Wildman–Crippen MR) is 74.9 cm³/mol. The summed E-state index contributed by atoms with van der Waals surface area (Å²) in [5.74, 6) is -0.645. The number of nitrogens with one attached hydrogen (secondary N) is 1. The first-order valence-corrected chi connectivity index (χ1v) is 6.91. The van der Waals surface area contributed by atoms with Gasteiger partial charge in [0.15, 0.2) is 0 Å². The van der Waals surface area contributed by atoms with Gasteiger partial charge in [-0.05, 0) is 23.3 Å². The van der Waals surface area contributed by atoms with Gasteiger partial charge in [-0.2, -0.15) is 0 Å².